The largest absolute Gasteiger partial charge is 0.347 e. The topological polar surface area (TPSA) is 41.1 Å². The number of rotatable bonds is 4. The van der Waals surface area contributed by atoms with E-state index >= 15 is 0 Å². The molecule has 106 valence electrons. The lowest BCUT2D eigenvalue weighted by atomic mass is 10.0. The third kappa shape index (κ3) is 4.05. The lowest BCUT2D eigenvalue weighted by molar-refractivity contribution is -0.124. The van der Waals surface area contributed by atoms with Gasteiger partial charge in [-0.1, -0.05) is 32.8 Å². The van der Waals surface area contributed by atoms with Crippen LogP contribution in [0.25, 0.3) is 0 Å². The molecule has 1 saturated heterocycles. The molecule has 19 heavy (non-hydrogen) atoms. The van der Waals surface area contributed by atoms with Gasteiger partial charge in [-0.25, -0.2) is 0 Å². The van der Waals surface area contributed by atoms with Gasteiger partial charge in [0, 0.05) is 4.88 Å². The van der Waals surface area contributed by atoms with E-state index in [0.29, 0.717) is 5.92 Å². The summed E-state index contributed by atoms with van der Waals surface area (Å²) in [6, 6.07) is 4.28. The summed E-state index contributed by atoms with van der Waals surface area (Å²) in [6.07, 6.45) is 4.52. The first-order valence-electron chi connectivity index (χ1n) is 7.25. The van der Waals surface area contributed by atoms with Crippen LogP contribution in [0.4, 0.5) is 0 Å². The molecule has 1 aromatic heterocycles. The van der Waals surface area contributed by atoms with E-state index < -0.39 is 0 Å². The molecule has 1 aliphatic rings. The molecule has 0 radical (unpaired) electrons. The maximum Gasteiger partial charge on any atom is 0.237 e. The molecule has 1 aromatic rings. The Hall–Kier alpha value is -0.870. The van der Waals surface area contributed by atoms with Crippen molar-refractivity contribution in [3.05, 3.63) is 22.4 Å². The van der Waals surface area contributed by atoms with Crippen molar-refractivity contribution in [3.8, 4) is 0 Å². The smallest absolute Gasteiger partial charge is 0.237 e. The van der Waals surface area contributed by atoms with Crippen LogP contribution in [-0.4, -0.2) is 18.5 Å². The van der Waals surface area contributed by atoms with Crippen LogP contribution in [0.15, 0.2) is 17.5 Å². The molecule has 2 N–H and O–H groups in total. The number of carbonyl (C=O) groups is 1. The van der Waals surface area contributed by atoms with Gasteiger partial charge < -0.3 is 10.6 Å². The van der Waals surface area contributed by atoms with Crippen LogP contribution >= 0.6 is 11.3 Å². The second-order valence-electron chi connectivity index (χ2n) is 5.60. The molecule has 0 saturated carbocycles. The Morgan fingerprint density at radius 3 is 2.95 bits per heavy atom. The van der Waals surface area contributed by atoms with Gasteiger partial charge in [0.1, 0.15) is 0 Å². The average molecular weight is 280 g/mol. The molecule has 3 nitrogen and oxygen atoms in total. The number of thiophene rings is 1. The first kappa shape index (κ1) is 14.5. The maximum atomic E-state index is 12.4. The van der Waals surface area contributed by atoms with Gasteiger partial charge in [-0.05, 0) is 36.8 Å². The van der Waals surface area contributed by atoms with E-state index in [1.807, 2.05) is 6.07 Å². The predicted molar refractivity (Wildman–Crippen MR) is 80.3 cm³/mol. The van der Waals surface area contributed by atoms with Crippen molar-refractivity contribution in [1.82, 2.24) is 10.6 Å². The molecule has 4 heteroatoms. The van der Waals surface area contributed by atoms with Crippen molar-refractivity contribution in [1.29, 1.82) is 0 Å². The summed E-state index contributed by atoms with van der Waals surface area (Å²) < 4.78 is 0. The maximum absolute atomic E-state index is 12.4. The first-order valence-corrected chi connectivity index (χ1v) is 8.13. The van der Waals surface area contributed by atoms with E-state index in [1.165, 1.54) is 17.7 Å². The Kier molecular flexibility index (Phi) is 5.40. The molecular weight excluding hydrogens is 256 g/mol. The van der Waals surface area contributed by atoms with E-state index in [-0.39, 0.29) is 18.0 Å². The lowest BCUT2D eigenvalue weighted by Crippen LogP contribution is -2.45. The van der Waals surface area contributed by atoms with Gasteiger partial charge in [-0.15, -0.1) is 11.3 Å². The van der Waals surface area contributed by atoms with E-state index in [2.05, 4.69) is 35.9 Å². The van der Waals surface area contributed by atoms with Crippen molar-refractivity contribution in [2.75, 3.05) is 6.54 Å². The zero-order valence-corrected chi connectivity index (χ0v) is 12.6. The van der Waals surface area contributed by atoms with Crippen LogP contribution in [0.5, 0.6) is 0 Å². The number of nitrogens with one attached hydrogen (secondary N) is 2. The molecule has 2 heterocycles. The molecule has 2 rings (SSSR count). The molecule has 2 atom stereocenters. The Morgan fingerprint density at radius 2 is 2.26 bits per heavy atom. The summed E-state index contributed by atoms with van der Waals surface area (Å²) in [5.41, 5.74) is 0. The quantitative estimate of drug-likeness (QED) is 0.890. The van der Waals surface area contributed by atoms with Crippen molar-refractivity contribution < 1.29 is 4.79 Å². The van der Waals surface area contributed by atoms with Gasteiger partial charge in [0.05, 0.1) is 12.1 Å². The monoisotopic (exact) mass is 280 g/mol. The Bertz CT molecular complexity index is 381. The Balaban J connectivity index is 1.98. The summed E-state index contributed by atoms with van der Waals surface area (Å²) >= 11 is 1.72. The van der Waals surface area contributed by atoms with E-state index in [1.54, 1.807) is 11.3 Å². The van der Waals surface area contributed by atoms with Crippen molar-refractivity contribution in [2.24, 2.45) is 5.92 Å². The summed E-state index contributed by atoms with van der Waals surface area (Å²) in [7, 11) is 0. The van der Waals surface area contributed by atoms with Crippen LogP contribution in [0.3, 0.4) is 0 Å². The Morgan fingerprint density at radius 1 is 1.42 bits per heavy atom. The van der Waals surface area contributed by atoms with Gasteiger partial charge in [-0.3, -0.25) is 4.79 Å². The molecule has 2 unspecified atom stereocenters. The lowest BCUT2D eigenvalue weighted by Gasteiger charge is -2.24. The Labute approximate surface area is 119 Å². The fourth-order valence-corrected chi connectivity index (χ4v) is 3.49. The number of hydrogen-bond donors (Lipinski definition) is 2. The third-order valence-electron chi connectivity index (χ3n) is 3.69. The highest BCUT2D eigenvalue weighted by Crippen LogP contribution is 2.26. The SMILES string of the molecule is CC(C)C(NC(=O)C1CCCCCN1)c1cccs1. The van der Waals surface area contributed by atoms with Gasteiger partial charge in [-0.2, -0.15) is 0 Å². The van der Waals surface area contributed by atoms with Crippen molar-refractivity contribution in [2.45, 2.75) is 51.6 Å². The molecule has 0 aromatic carbocycles. The molecule has 1 aliphatic heterocycles. The highest BCUT2D eigenvalue weighted by molar-refractivity contribution is 7.10. The van der Waals surface area contributed by atoms with Gasteiger partial charge in [0.15, 0.2) is 0 Å². The second-order valence-corrected chi connectivity index (χ2v) is 6.58. The third-order valence-corrected chi connectivity index (χ3v) is 4.65. The molecule has 0 aliphatic carbocycles. The molecule has 0 bridgehead atoms. The predicted octanol–water partition coefficient (Wildman–Crippen LogP) is 3.09. The van der Waals surface area contributed by atoms with Crippen LogP contribution in [-0.2, 0) is 4.79 Å². The molecule has 0 spiro atoms. The fourth-order valence-electron chi connectivity index (χ4n) is 2.54. The van der Waals surface area contributed by atoms with Gasteiger partial charge in [0.2, 0.25) is 5.91 Å². The number of hydrogen-bond acceptors (Lipinski definition) is 3. The van der Waals surface area contributed by atoms with Crippen molar-refractivity contribution in [3.63, 3.8) is 0 Å². The second kappa shape index (κ2) is 7.06. The molecule has 1 fully saturated rings. The molecular formula is C15H24N2OS. The minimum Gasteiger partial charge on any atom is -0.347 e. The van der Waals surface area contributed by atoms with Crippen molar-refractivity contribution >= 4 is 17.2 Å². The van der Waals surface area contributed by atoms with E-state index in [0.717, 1.165) is 19.4 Å². The minimum atomic E-state index is -0.0105. The fraction of sp³-hybridized carbons (Fsp3) is 0.667. The number of carbonyl (C=O) groups excluding carboxylic acids is 1. The summed E-state index contributed by atoms with van der Waals surface area (Å²) in [5, 5.41) is 8.66. The van der Waals surface area contributed by atoms with Gasteiger partial charge >= 0.3 is 0 Å². The van der Waals surface area contributed by atoms with Crippen LogP contribution in [0, 0.1) is 5.92 Å². The van der Waals surface area contributed by atoms with Crippen LogP contribution < -0.4 is 10.6 Å². The van der Waals surface area contributed by atoms with Crippen LogP contribution in [0.1, 0.15) is 50.4 Å². The zero-order valence-electron chi connectivity index (χ0n) is 11.8. The summed E-state index contributed by atoms with van der Waals surface area (Å²) in [6.45, 7) is 5.28. The number of amides is 1. The highest BCUT2D eigenvalue weighted by atomic mass is 32.1. The standard InChI is InChI=1S/C15H24N2OS/c1-11(2)14(13-8-6-10-19-13)17-15(18)12-7-4-3-5-9-16-12/h6,8,10-12,14,16H,3-5,7,9H2,1-2H3,(H,17,18). The van der Waals surface area contributed by atoms with E-state index in [9.17, 15) is 4.79 Å². The van der Waals surface area contributed by atoms with Gasteiger partial charge in [0.25, 0.3) is 0 Å². The summed E-state index contributed by atoms with van der Waals surface area (Å²) in [4.78, 5) is 13.6. The minimum absolute atomic E-state index is 0.0105. The molecule has 1 amide bonds. The zero-order chi connectivity index (χ0) is 13.7. The highest BCUT2D eigenvalue weighted by Gasteiger charge is 2.24. The summed E-state index contributed by atoms with van der Waals surface area (Å²) in [5.74, 6) is 0.572. The average Bonchev–Trinajstić information content (AvgIpc) is 2.76. The van der Waals surface area contributed by atoms with Crippen LogP contribution in [0.2, 0.25) is 0 Å². The normalized spacial score (nSPS) is 21.9. The van der Waals surface area contributed by atoms with E-state index in [4.69, 9.17) is 0 Å². The first-order chi connectivity index (χ1) is 9.18.